The molecule has 0 aliphatic rings. The zero-order valence-electron chi connectivity index (χ0n) is 11.6. The maximum absolute atomic E-state index is 11.7. The zero-order valence-corrected chi connectivity index (χ0v) is 11.6. The molecule has 22 heavy (non-hydrogen) atoms. The molecule has 0 saturated heterocycles. The van der Waals surface area contributed by atoms with E-state index in [1.807, 2.05) is 42.5 Å². The van der Waals surface area contributed by atoms with Crippen molar-refractivity contribution in [3.05, 3.63) is 66.7 Å². The molecule has 0 saturated carbocycles. The Hall–Kier alpha value is -3.21. The molecule has 0 unspecified atom stereocenters. The van der Waals surface area contributed by atoms with Crippen molar-refractivity contribution in [3.8, 4) is 5.75 Å². The Morgan fingerprint density at radius 3 is 2.45 bits per heavy atom. The van der Waals surface area contributed by atoms with E-state index in [-0.39, 0.29) is 11.4 Å². The van der Waals surface area contributed by atoms with Crippen molar-refractivity contribution < 1.29 is 9.90 Å². The topological polar surface area (TPSA) is 74.0 Å². The fourth-order valence-electron chi connectivity index (χ4n) is 2.09. The Labute approximate surface area is 126 Å². The maximum Gasteiger partial charge on any atom is 0.364 e. The van der Waals surface area contributed by atoms with Crippen molar-refractivity contribution in [2.75, 3.05) is 5.32 Å². The Morgan fingerprint density at radius 1 is 0.909 bits per heavy atom. The second-order valence-corrected chi connectivity index (χ2v) is 4.65. The second kappa shape index (κ2) is 6.05. The molecule has 0 heterocycles. The molecule has 0 aliphatic heterocycles. The highest BCUT2D eigenvalue weighted by Gasteiger charge is 2.06. The fraction of sp³-hybridized carbons (Fsp3) is 0. The minimum absolute atomic E-state index is 0.00867. The van der Waals surface area contributed by atoms with Crippen LogP contribution in [-0.2, 0) is 0 Å². The maximum atomic E-state index is 11.7. The number of hydrogen-bond donors (Lipinski definition) is 2. The van der Waals surface area contributed by atoms with Crippen LogP contribution in [0.5, 0.6) is 5.75 Å². The van der Waals surface area contributed by atoms with Gasteiger partial charge in [-0.2, -0.15) is 0 Å². The lowest BCUT2D eigenvalue weighted by Crippen LogP contribution is -2.04. The number of nitrogens with one attached hydrogen (secondary N) is 1. The van der Waals surface area contributed by atoms with E-state index in [2.05, 4.69) is 15.5 Å². The van der Waals surface area contributed by atoms with Crippen LogP contribution in [0, 0.1) is 0 Å². The molecule has 0 spiro atoms. The Balaban J connectivity index is 1.80. The quantitative estimate of drug-likeness (QED) is 0.661. The highest BCUT2D eigenvalue weighted by molar-refractivity contribution is 5.93. The van der Waals surface area contributed by atoms with E-state index in [1.165, 1.54) is 0 Å². The predicted octanol–water partition coefficient (Wildman–Crippen LogP) is 4.86. The molecule has 3 aromatic rings. The van der Waals surface area contributed by atoms with E-state index < -0.39 is 6.03 Å². The van der Waals surface area contributed by atoms with Gasteiger partial charge in [-0.3, -0.25) is 0 Å². The average molecular weight is 291 g/mol. The number of phenols is 1. The van der Waals surface area contributed by atoms with E-state index in [0.29, 0.717) is 11.1 Å². The normalized spacial score (nSPS) is 10.9. The number of fused-ring (bicyclic) bond motifs is 1. The third-order valence-corrected chi connectivity index (χ3v) is 3.15. The SMILES string of the molecule is O=C(N=Nc1ccc2ccccc2c1O)Nc1ccccc1. The number of benzene rings is 3. The number of carbonyl (C=O) groups is 1. The van der Waals surface area contributed by atoms with Gasteiger partial charge in [-0.05, 0) is 23.6 Å². The summed E-state index contributed by atoms with van der Waals surface area (Å²) in [6.07, 6.45) is 0. The Morgan fingerprint density at radius 2 is 1.64 bits per heavy atom. The summed E-state index contributed by atoms with van der Waals surface area (Å²) < 4.78 is 0. The number of anilines is 1. The van der Waals surface area contributed by atoms with Gasteiger partial charge in [0.1, 0.15) is 5.69 Å². The van der Waals surface area contributed by atoms with E-state index in [1.54, 1.807) is 24.3 Å². The first-order valence-corrected chi connectivity index (χ1v) is 6.72. The van der Waals surface area contributed by atoms with Crippen molar-refractivity contribution >= 4 is 28.2 Å². The van der Waals surface area contributed by atoms with Crippen molar-refractivity contribution in [2.24, 2.45) is 10.2 Å². The summed E-state index contributed by atoms with van der Waals surface area (Å²) in [5.74, 6) is 0.00867. The molecule has 0 atom stereocenters. The number of urea groups is 1. The molecule has 3 rings (SSSR count). The molecule has 0 bridgehead atoms. The van der Waals surface area contributed by atoms with E-state index in [4.69, 9.17) is 0 Å². The first kappa shape index (κ1) is 13.8. The Kier molecular flexibility index (Phi) is 3.78. The molecule has 0 fully saturated rings. The number of amides is 2. The van der Waals surface area contributed by atoms with Crippen LogP contribution in [0.1, 0.15) is 0 Å². The van der Waals surface area contributed by atoms with Crippen molar-refractivity contribution in [1.82, 2.24) is 0 Å². The number of para-hydroxylation sites is 1. The van der Waals surface area contributed by atoms with Crippen molar-refractivity contribution in [3.63, 3.8) is 0 Å². The number of nitrogens with zero attached hydrogens (tertiary/aromatic N) is 2. The fourth-order valence-corrected chi connectivity index (χ4v) is 2.09. The van der Waals surface area contributed by atoms with Crippen LogP contribution in [0.25, 0.3) is 10.8 Å². The monoisotopic (exact) mass is 291 g/mol. The van der Waals surface area contributed by atoms with E-state index in [0.717, 1.165) is 5.39 Å². The summed E-state index contributed by atoms with van der Waals surface area (Å²) in [4.78, 5) is 11.7. The molecule has 3 aromatic carbocycles. The molecular weight excluding hydrogens is 278 g/mol. The number of azo groups is 1. The van der Waals surface area contributed by atoms with Gasteiger partial charge in [0.05, 0.1) is 0 Å². The minimum Gasteiger partial charge on any atom is -0.505 e. The summed E-state index contributed by atoms with van der Waals surface area (Å²) >= 11 is 0. The van der Waals surface area contributed by atoms with Crippen LogP contribution < -0.4 is 5.32 Å². The minimum atomic E-state index is -0.598. The highest BCUT2D eigenvalue weighted by atomic mass is 16.3. The smallest absolute Gasteiger partial charge is 0.364 e. The van der Waals surface area contributed by atoms with Gasteiger partial charge in [0.2, 0.25) is 0 Å². The van der Waals surface area contributed by atoms with E-state index in [9.17, 15) is 9.90 Å². The molecule has 2 amide bonds. The zero-order chi connectivity index (χ0) is 15.4. The van der Waals surface area contributed by atoms with E-state index >= 15 is 0 Å². The van der Waals surface area contributed by atoms with Crippen molar-refractivity contribution in [2.45, 2.75) is 0 Å². The molecular formula is C17H13N3O2. The van der Waals surface area contributed by atoms with Crippen LogP contribution in [-0.4, -0.2) is 11.1 Å². The number of carbonyl (C=O) groups excluding carboxylic acids is 1. The summed E-state index contributed by atoms with van der Waals surface area (Å²) in [6, 6.07) is 19.2. The Bertz CT molecular complexity index is 845. The number of rotatable bonds is 2. The first-order chi connectivity index (χ1) is 10.7. The van der Waals surface area contributed by atoms with Crippen LogP contribution in [0.4, 0.5) is 16.2 Å². The van der Waals surface area contributed by atoms with Gasteiger partial charge in [0, 0.05) is 11.1 Å². The standard InChI is InChI=1S/C17H13N3O2/c21-16-14-9-5-4-6-12(14)10-11-15(16)19-20-17(22)18-13-7-2-1-3-8-13/h1-11,21H,(H,18,22). The number of hydrogen-bond acceptors (Lipinski definition) is 3. The van der Waals surface area contributed by atoms with Gasteiger partial charge in [-0.1, -0.05) is 53.6 Å². The lowest BCUT2D eigenvalue weighted by Gasteiger charge is -2.03. The highest BCUT2D eigenvalue weighted by Crippen LogP contribution is 2.34. The third-order valence-electron chi connectivity index (χ3n) is 3.15. The molecule has 2 N–H and O–H groups in total. The number of phenolic OH excluding ortho intramolecular Hbond substituents is 1. The second-order valence-electron chi connectivity index (χ2n) is 4.65. The lowest BCUT2D eigenvalue weighted by molar-refractivity contribution is 0.258. The van der Waals surface area contributed by atoms with Gasteiger partial charge in [-0.25, -0.2) is 4.79 Å². The average Bonchev–Trinajstić information content (AvgIpc) is 2.55. The molecule has 5 heteroatoms. The molecule has 0 radical (unpaired) electrons. The van der Waals surface area contributed by atoms with Gasteiger partial charge in [0.15, 0.2) is 5.75 Å². The molecule has 108 valence electrons. The summed E-state index contributed by atoms with van der Waals surface area (Å²) in [7, 11) is 0. The van der Waals surface area contributed by atoms with Gasteiger partial charge < -0.3 is 10.4 Å². The summed E-state index contributed by atoms with van der Waals surface area (Å²) in [5, 5.41) is 21.7. The van der Waals surface area contributed by atoms with Gasteiger partial charge >= 0.3 is 6.03 Å². The summed E-state index contributed by atoms with van der Waals surface area (Å²) in [5.41, 5.74) is 0.885. The lowest BCUT2D eigenvalue weighted by atomic mass is 10.1. The van der Waals surface area contributed by atoms with Crippen LogP contribution in [0.15, 0.2) is 77.0 Å². The molecule has 0 aromatic heterocycles. The summed E-state index contributed by atoms with van der Waals surface area (Å²) in [6.45, 7) is 0. The van der Waals surface area contributed by atoms with Crippen LogP contribution in [0.2, 0.25) is 0 Å². The van der Waals surface area contributed by atoms with Crippen molar-refractivity contribution in [1.29, 1.82) is 0 Å². The first-order valence-electron chi connectivity index (χ1n) is 6.72. The van der Waals surface area contributed by atoms with Crippen LogP contribution >= 0.6 is 0 Å². The van der Waals surface area contributed by atoms with Crippen LogP contribution in [0.3, 0.4) is 0 Å². The predicted molar refractivity (Wildman–Crippen MR) is 85.6 cm³/mol. The number of aromatic hydroxyl groups is 1. The van der Waals surface area contributed by atoms with Gasteiger partial charge in [-0.15, -0.1) is 5.11 Å². The third kappa shape index (κ3) is 2.93. The molecule has 5 nitrogen and oxygen atoms in total. The van der Waals surface area contributed by atoms with Gasteiger partial charge in [0.25, 0.3) is 0 Å². The largest absolute Gasteiger partial charge is 0.505 e. The molecule has 0 aliphatic carbocycles.